The highest BCUT2D eigenvalue weighted by Gasteiger charge is 2.27. The number of rotatable bonds is 5. The van der Waals surface area contributed by atoms with E-state index in [1.54, 1.807) is 23.1 Å². The normalized spacial score (nSPS) is 17.9. The van der Waals surface area contributed by atoms with Crippen molar-refractivity contribution in [2.45, 2.75) is 17.7 Å². The van der Waals surface area contributed by atoms with Crippen molar-refractivity contribution in [3.8, 4) is 0 Å². The summed E-state index contributed by atoms with van der Waals surface area (Å²) in [6.07, 6.45) is 1.29. The highest BCUT2D eigenvalue weighted by atomic mass is 32.2. The Labute approximate surface area is 175 Å². The number of nitrogens with zero attached hydrogens (tertiary/aromatic N) is 2. The van der Waals surface area contributed by atoms with Gasteiger partial charge in [0.1, 0.15) is 0 Å². The van der Waals surface area contributed by atoms with Crippen LogP contribution in [0.25, 0.3) is 0 Å². The summed E-state index contributed by atoms with van der Waals surface area (Å²) in [6.45, 7) is 2.00. The zero-order valence-corrected chi connectivity index (χ0v) is 17.2. The van der Waals surface area contributed by atoms with Crippen LogP contribution in [0.5, 0.6) is 0 Å². The van der Waals surface area contributed by atoms with Crippen molar-refractivity contribution >= 4 is 33.2 Å². The molecule has 0 bridgehead atoms. The Bertz CT molecular complexity index is 1050. The van der Waals surface area contributed by atoms with Gasteiger partial charge in [-0.2, -0.15) is 4.31 Å². The monoisotopic (exact) mass is 429 g/mol. The van der Waals surface area contributed by atoms with Gasteiger partial charge in [-0.3, -0.25) is 9.59 Å². The van der Waals surface area contributed by atoms with Crippen molar-refractivity contribution in [2.24, 2.45) is 0 Å². The third kappa shape index (κ3) is 4.09. The molecule has 2 aliphatic rings. The van der Waals surface area contributed by atoms with Crippen LogP contribution in [0.2, 0.25) is 0 Å². The quantitative estimate of drug-likeness (QED) is 0.785. The molecule has 0 atom stereocenters. The predicted molar refractivity (Wildman–Crippen MR) is 112 cm³/mol. The number of sulfonamides is 1. The highest BCUT2D eigenvalue weighted by molar-refractivity contribution is 7.89. The van der Waals surface area contributed by atoms with Crippen molar-refractivity contribution in [3.05, 3.63) is 54.1 Å². The molecule has 0 unspecified atom stereocenters. The fourth-order valence-corrected chi connectivity index (χ4v) is 5.03. The topological polar surface area (TPSA) is 96.0 Å². The van der Waals surface area contributed by atoms with Gasteiger partial charge in [0.05, 0.1) is 29.5 Å². The van der Waals surface area contributed by atoms with Crippen LogP contribution >= 0.6 is 0 Å². The van der Waals surface area contributed by atoms with E-state index in [1.807, 2.05) is 6.07 Å². The lowest BCUT2D eigenvalue weighted by atomic mass is 10.2. The van der Waals surface area contributed by atoms with Gasteiger partial charge in [-0.1, -0.05) is 12.1 Å². The summed E-state index contributed by atoms with van der Waals surface area (Å²) in [6, 6.07) is 13.0. The molecule has 1 N–H and O–H groups in total. The lowest BCUT2D eigenvalue weighted by Crippen LogP contribution is -2.40. The Morgan fingerprint density at radius 3 is 2.33 bits per heavy atom. The molecule has 2 amide bonds. The van der Waals surface area contributed by atoms with Crippen molar-refractivity contribution in [1.82, 2.24) is 4.31 Å². The molecule has 2 aromatic rings. The fraction of sp³-hybridized carbons (Fsp3) is 0.333. The maximum absolute atomic E-state index is 12.7. The summed E-state index contributed by atoms with van der Waals surface area (Å²) in [5, 5.41) is 2.84. The molecule has 30 heavy (non-hydrogen) atoms. The Kier molecular flexibility index (Phi) is 5.85. The largest absolute Gasteiger partial charge is 0.379 e. The second-order valence-electron chi connectivity index (χ2n) is 7.16. The number of benzene rings is 2. The average molecular weight is 429 g/mol. The maximum atomic E-state index is 12.7. The van der Waals surface area contributed by atoms with E-state index in [4.69, 9.17) is 4.74 Å². The van der Waals surface area contributed by atoms with Crippen molar-refractivity contribution < 1.29 is 22.7 Å². The molecule has 0 saturated carbocycles. The molecule has 0 radical (unpaired) electrons. The Balaban J connectivity index is 1.51. The number of hydrogen-bond acceptors (Lipinski definition) is 5. The third-order valence-corrected chi connectivity index (χ3v) is 7.15. The molecule has 158 valence electrons. The lowest BCUT2D eigenvalue weighted by molar-refractivity contribution is -0.117. The standard InChI is InChI=1S/C21H23N3O5S/c25-20-6-3-11-24(20)19-5-2-1-4-18(19)22-21(26)16-7-9-17(10-8-16)30(27,28)23-12-14-29-15-13-23/h1-2,4-5,7-10H,3,6,11-15H2,(H,22,26). The number of morpholine rings is 1. The molecule has 9 heteroatoms. The van der Waals surface area contributed by atoms with Gasteiger partial charge < -0.3 is 15.0 Å². The van der Waals surface area contributed by atoms with Gasteiger partial charge in [0.15, 0.2) is 0 Å². The van der Waals surface area contributed by atoms with Crippen LogP contribution in [0.15, 0.2) is 53.4 Å². The van der Waals surface area contributed by atoms with Crippen molar-refractivity contribution in [1.29, 1.82) is 0 Å². The summed E-state index contributed by atoms with van der Waals surface area (Å²) in [5.74, 6) is -0.334. The first-order valence-electron chi connectivity index (χ1n) is 9.85. The van der Waals surface area contributed by atoms with Gasteiger partial charge >= 0.3 is 0 Å². The first-order chi connectivity index (χ1) is 14.5. The maximum Gasteiger partial charge on any atom is 0.255 e. The molecule has 2 saturated heterocycles. The average Bonchev–Trinajstić information content (AvgIpc) is 3.20. The summed E-state index contributed by atoms with van der Waals surface area (Å²) >= 11 is 0. The van der Waals surface area contributed by atoms with Crippen LogP contribution in [0.4, 0.5) is 11.4 Å². The first-order valence-corrected chi connectivity index (χ1v) is 11.3. The van der Waals surface area contributed by atoms with Crippen LogP contribution < -0.4 is 10.2 Å². The van der Waals surface area contributed by atoms with Gasteiger partial charge in [-0.25, -0.2) is 8.42 Å². The van der Waals surface area contributed by atoms with Gasteiger partial charge in [0.25, 0.3) is 5.91 Å². The van der Waals surface area contributed by atoms with Crippen LogP contribution in [0.1, 0.15) is 23.2 Å². The molecule has 8 nitrogen and oxygen atoms in total. The minimum absolute atomic E-state index is 0.0365. The number of para-hydroxylation sites is 2. The molecule has 2 fully saturated rings. The smallest absolute Gasteiger partial charge is 0.255 e. The lowest BCUT2D eigenvalue weighted by Gasteiger charge is -2.26. The van der Waals surface area contributed by atoms with Crippen LogP contribution in [0.3, 0.4) is 0 Å². The number of nitrogens with one attached hydrogen (secondary N) is 1. The minimum Gasteiger partial charge on any atom is -0.379 e. The molecule has 2 aliphatic heterocycles. The molecular weight excluding hydrogens is 406 g/mol. The minimum atomic E-state index is -3.61. The number of ether oxygens (including phenoxy) is 1. The fourth-order valence-electron chi connectivity index (χ4n) is 3.63. The van der Waals surface area contributed by atoms with E-state index in [9.17, 15) is 18.0 Å². The van der Waals surface area contributed by atoms with E-state index in [2.05, 4.69) is 5.32 Å². The van der Waals surface area contributed by atoms with E-state index in [-0.39, 0.29) is 16.7 Å². The Hall–Kier alpha value is -2.75. The predicted octanol–water partition coefficient (Wildman–Crippen LogP) is 2.09. The second kappa shape index (κ2) is 8.55. The molecule has 2 aromatic carbocycles. The van der Waals surface area contributed by atoms with Crippen LogP contribution in [-0.2, 0) is 19.6 Å². The summed E-state index contributed by atoms with van der Waals surface area (Å²) in [5.41, 5.74) is 1.54. The summed E-state index contributed by atoms with van der Waals surface area (Å²) in [7, 11) is -3.61. The Morgan fingerprint density at radius 2 is 1.67 bits per heavy atom. The SMILES string of the molecule is O=C(Nc1ccccc1N1CCCC1=O)c1ccc(S(=O)(=O)N2CCOCC2)cc1. The number of anilines is 2. The van der Waals surface area contributed by atoms with Crippen molar-refractivity contribution in [2.75, 3.05) is 43.1 Å². The number of carbonyl (C=O) groups is 2. The second-order valence-corrected chi connectivity index (χ2v) is 9.10. The molecule has 4 rings (SSSR count). The van der Waals surface area contributed by atoms with Gasteiger partial charge in [-0.05, 0) is 42.8 Å². The zero-order chi connectivity index (χ0) is 21.1. The Morgan fingerprint density at radius 1 is 0.967 bits per heavy atom. The van der Waals surface area contributed by atoms with Gasteiger partial charge in [0, 0.05) is 31.6 Å². The first kappa shape index (κ1) is 20.5. The molecule has 2 heterocycles. The molecule has 0 aromatic heterocycles. The number of hydrogen-bond donors (Lipinski definition) is 1. The van der Waals surface area contributed by atoms with Crippen LogP contribution in [0, 0.1) is 0 Å². The van der Waals surface area contributed by atoms with E-state index >= 15 is 0 Å². The highest BCUT2D eigenvalue weighted by Crippen LogP contribution is 2.29. The molecule has 0 spiro atoms. The number of amides is 2. The van der Waals surface area contributed by atoms with Crippen LogP contribution in [-0.4, -0.2) is 57.4 Å². The van der Waals surface area contributed by atoms with E-state index in [1.165, 1.54) is 28.6 Å². The van der Waals surface area contributed by atoms with E-state index in [0.29, 0.717) is 56.2 Å². The zero-order valence-electron chi connectivity index (χ0n) is 16.4. The van der Waals surface area contributed by atoms with Crippen molar-refractivity contribution in [3.63, 3.8) is 0 Å². The number of carbonyl (C=O) groups excluding carboxylic acids is 2. The summed E-state index contributed by atoms with van der Waals surface area (Å²) < 4.78 is 32.0. The van der Waals surface area contributed by atoms with E-state index in [0.717, 1.165) is 6.42 Å². The van der Waals surface area contributed by atoms with Gasteiger partial charge in [-0.15, -0.1) is 0 Å². The third-order valence-electron chi connectivity index (χ3n) is 5.24. The molecule has 0 aliphatic carbocycles. The summed E-state index contributed by atoms with van der Waals surface area (Å²) in [4.78, 5) is 26.6. The van der Waals surface area contributed by atoms with Gasteiger partial charge in [0.2, 0.25) is 15.9 Å². The van der Waals surface area contributed by atoms with E-state index < -0.39 is 10.0 Å². The molecular formula is C21H23N3O5S.